The molecule has 1 aromatic carbocycles. The summed E-state index contributed by atoms with van der Waals surface area (Å²) < 4.78 is 0. The number of halogens is 1. The van der Waals surface area contributed by atoms with E-state index in [1.807, 2.05) is 41.6 Å². The molecule has 0 unspecified atom stereocenters. The Kier molecular flexibility index (Phi) is 3.89. The molecule has 0 atom stereocenters. The molecule has 94 valence electrons. The molecule has 0 bridgehead atoms. The van der Waals surface area contributed by atoms with Crippen molar-refractivity contribution in [3.8, 4) is 0 Å². The fraction of sp³-hybridized carbons (Fsp3) is 0.154. The summed E-state index contributed by atoms with van der Waals surface area (Å²) in [6.07, 6.45) is 0. The first-order chi connectivity index (χ1) is 8.56. The second-order valence-electron chi connectivity index (χ2n) is 3.96. The Labute approximate surface area is 114 Å². The Hall–Kier alpha value is -1.52. The van der Waals surface area contributed by atoms with Crippen LogP contribution in [0.4, 0.5) is 5.69 Å². The summed E-state index contributed by atoms with van der Waals surface area (Å²) in [5, 5.41) is 11.4. The van der Waals surface area contributed by atoms with Crippen LogP contribution in [0.25, 0.3) is 0 Å². The number of nitrogens with zero attached hydrogens (tertiary/aromatic N) is 1. The highest BCUT2D eigenvalue weighted by Crippen LogP contribution is 2.24. The summed E-state index contributed by atoms with van der Waals surface area (Å²) in [4.78, 5) is 13.2. The Bertz CT molecular complexity index is 568. The summed E-state index contributed by atoms with van der Waals surface area (Å²) in [6.45, 7) is 0.691. The number of hydrogen-bond donors (Lipinski definition) is 1. The van der Waals surface area contributed by atoms with Crippen LogP contribution in [-0.4, -0.2) is 18.1 Å². The topological polar surface area (TPSA) is 40.5 Å². The Morgan fingerprint density at radius 3 is 2.83 bits per heavy atom. The van der Waals surface area contributed by atoms with Crippen LogP contribution in [0.3, 0.4) is 0 Å². The summed E-state index contributed by atoms with van der Waals surface area (Å²) in [5.74, 6) is -0.887. The number of rotatable bonds is 4. The normalized spacial score (nSPS) is 10.3. The van der Waals surface area contributed by atoms with Crippen molar-refractivity contribution >= 4 is 34.6 Å². The maximum atomic E-state index is 10.8. The van der Waals surface area contributed by atoms with Crippen LogP contribution >= 0.6 is 22.9 Å². The zero-order chi connectivity index (χ0) is 13.1. The molecule has 0 saturated heterocycles. The van der Waals surface area contributed by atoms with Gasteiger partial charge in [-0.1, -0.05) is 23.7 Å². The van der Waals surface area contributed by atoms with Crippen molar-refractivity contribution in [2.75, 3.05) is 11.9 Å². The maximum Gasteiger partial charge on any atom is 0.345 e. The van der Waals surface area contributed by atoms with Gasteiger partial charge in [0.2, 0.25) is 0 Å². The molecule has 0 aliphatic heterocycles. The molecule has 0 radical (unpaired) electrons. The molecular formula is C13H12ClNO2S. The highest BCUT2D eigenvalue weighted by atomic mass is 35.5. The van der Waals surface area contributed by atoms with Crippen LogP contribution in [0.1, 0.15) is 15.2 Å². The smallest absolute Gasteiger partial charge is 0.345 e. The van der Waals surface area contributed by atoms with Crippen LogP contribution in [0.5, 0.6) is 0 Å². The molecule has 1 heterocycles. The predicted octanol–water partition coefficient (Wildman–Crippen LogP) is 3.74. The minimum atomic E-state index is -0.887. The van der Waals surface area contributed by atoms with Crippen LogP contribution in [0.2, 0.25) is 5.02 Å². The quantitative estimate of drug-likeness (QED) is 0.928. The molecule has 3 nitrogen and oxygen atoms in total. The largest absolute Gasteiger partial charge is 0.477 e. The Morgan fingerprint density at radius 1 is 1.44 bits per heavy atom. The average Bonchev–Trinajstić information content (AvgIpc) is 2.78. The summed E-state index contributed by atoms with van der Waals surface area (Å²) in [7, 11) is 1.93. The number of hydrogen-bond acceptors (Lipinski definition) is 3. The Morgan fingerprint density at radius 2 is 2.22 bits per heavy atom. The first-order valence-corrected chi connectivity index (χ1v) is 6.59. The van der Waals surface area contributed by atoms with Crippen LogP contribution < -0.4 is 4.90 Å². The number of aromatic carboxylic acids is 1. The van der Waals surface area contributed by atoms with E-state index in [1.165, 1.54) is 11.3 Å². The number of thiophene rings is 1. The molecule has 1 N–H and O–H groups in total. The Balaban J connectivity index is 2.11. The van der Waals surface area contributed by atoms with Gasteiger partial charge >= 0.3 is 5.97 Å². The monoisotopic (exact) mass is 281 g/mol. The van der Waals surface area contributed by atoms with Crippen LogP contribution in [0, 0.1) is 0 Å². The van der Waals surface area contributed by atoms with Gasteiger partial charge in [-0.3, -0.25) is 0 Å². The second kappa shape index (κ2) is 5.42. The molecular weight excluding hydrogens is 270 g/mol. The summed E-state index contributed by atoms with van der Waals surface area (Å²) in [6, 6.07) is 9.31. The second-order valence-corrected chi connectivity index (χ2v) is 5.31. The van der Waals surface area contributed by atoms with Gasteiger partial charge in [0.15, 0.2) is 0 Å². The molecule has 2 rings (SSSR count). The van der Waals surface area contributed by atoms with Crippen LogP contribution in [-0.2, 0) is 6.54 Å². The number of carboxylic acid groups (broad SMARTS) is 1. The lowest BCUT2D eigenvalue weighted by molar-refractivity contribution is 0.0702. The van der Waals surface area contributed by atoms with E-state index in [4.69, 9.17) is 16.7 Å². The van der Waals surface area contributed by atoms with Gasteiger partial charge in [-0.15, -0.1) is 11.3 Å². The van der Waals surface area contributed by atoms with Crippen molar-refractivity contribution < 1.29 is 9.90 Å². The third-order valence-electron chi connectivity index (χ3n) is 2.55. The number of anilines is 1. The number of benzene rings is 1. The maximum absolute atomic E-state index is 10.8. The lowest BCUT2D eigenvalue weighted by atomic mass is 10.2. The van der Waals surface area contributed by atoms with Crippen molar-refractivity contribution in [3.05, 3.63) is 51.2 Å². The minimum absolute atomic E-state index is 0.350. The third kappa shape index (κ3) is 3.03. The van der Waals surface area contributed by atoms with Crippen molar-refractivity contribution in [2.24, 2.45) is 0 Å². The van der Waals surface area contributed by atoms with E-state index in [2.05, 4.69) is 0 Å². The fourth-order valence-electron chi connectivity index (χ4n) is 1.64. The molecule has 5 heteroatoms. The van der Waals surface area contributed by atoms with Gasteiger partial charge in [0.05, 0.1) is 0 Å². The first kappa shape index (κ1) is 12.9. The van der Waals surface area contributed by atoms with Gasteiger partial charge in [-0.2, -0.15) is 0 Å². The number of carboxylic acids is 1. The zero-order valence-electron chi connectivity index (χ0n) is 9.76. The van der Waals surface area contributed by atoms with Gasteiger partial charge in [-0.05, 0) is 23.8 Å². The molecule has 0 fully saturated rings. The molecule has 18 heavy (non-hydrogen) atoms. The van der Waals surface area contributed by atoms with Gasteiger partial charge < -0.3 is 10.0 Å². The van der Waals surface area contributed by atoms with E-state index < -0.39 is 5.97 Å². The standard InChI is InChI=1S/C13H12ClNO2S/c1-15(7-9-3-2-4-10(14)5-9)11-6-12(13(16)17)18-8-11/h2-6,8H,7H2,1H3,(H,16,17). The lowest BCUT2D eigenvalue weighted by Crippen LogP contribution is -2.15. The molecule has 0 amide bonds. The lowest BCUT2D eigenvalue weighted by Gasteiger charge is -2.17. The van der Waals surface area contributed by atoms with E-state index in [9.17, 15) is 4.79 Å². The molecule has 2 aromatic rings. The van der Waals surface area contributed by atoms with Crippen molar-refractivity contribution in [2.45, 2.75) is 6.54 Å². The van der Waals surface area contributed by atoms with Gasteiger partial charge in [0, 0.05) is 29.7 Å². The predicted molar refractivity (Wildman–Crippen MR) is 74.8 cm³/mol. The van der Waals surface area contributed by atoms with Crippen LogP contribution in [0.15, 0.2) is 35.7 Å². The van der Waals surface area contributed by atoms with E-state index in [0.29, 0.717) is 16.4 Å². The summed E-state index contributed by atoms with van der Waals surface area (Å²) >= 11 is 7.16. The fourth-order valence-corrected chi connectivity index (χ4v) is 2.64. The van der Waals surface area contributed by atoms with Gasteiger partial charge in [-0.25, -0.2) is 4.79 Å². The molecule has 0 aliphatic rings. The van der Waals surface area contributed by atoms with Gasteiger partial charge in [0.1, 0.15) is 4.88 Å². The number of carbonyl (C=O) groups is 1. The highest BCUT2D eigenvalue weighted by molar-refractivity contribution is 7.12. The van der Waals surface area contributed by atoms with E-state index in [-0.39, 0.29) is 0 Å². The summed E-state index contributed by atoms with van der Waals surface area (Å²) in [5.41, 5.74) is 1.99. The average molecular weight is 282 g/mol. The van der Waals surface area contributed by atoms with E-state index >= 15 is 0 Å². The molecule has 0 aliphatic carbocycles. The molecule has 1 aromatic heterocycles. The highest BCUT2D eigenvalue weighted by Gasteiger charge is 2.10. The zero-order valence-corrected chi connectivity index (χ0v) is 11.3. The third-order valence-corrected chi connectivity index (χ3v) is 3.69. The minimum Gasteiger partial charge on any atom is -0.477 e. The SMILES string of the molecule is CN(Cc1cccc(Cl)c1)c1csc(C(=O)O)c1. The first-order valence-electron chi connectivity index (χ1n) is 5.33. The molecule has 0 saturated carbocycles. The van der Waals surface area contributed by atoms with Crippen molar-refractivity contribution in [1.82, 2.24) is 0 Å². The van der Waals surface area contributed by atoms with Crippen molar-refractivity contribution in [3.63, 3.8) is 0 Å². The van der Waals surface area contributed by atoms with E-state index in [1.54, 1.807) is 6.07 Å². The van der Waals surface area contributed by atoms with Crippen molar-refractivity contribution in [1.29, 1.82) is 0 Å². The van der Waals surface area contributed by atoms with E-state index in [0.717, 1.165) is 11.3 Å². The molecule has 0 spiro atoms. The van der Waals surface area contributed by atoms with Gasteiger partial charge in [0.25, 0.3) is 0 Å².